The molecule has 9 nitrogen and oxygen atoms in total. The second kappa shape index (κ2) is 11.5. The highest BCUT2D eigenvalue weighted by molar-refractivity contribution is 7.99. The number of primary sulfonamides is 1. The SMILES string of the molecule is NS(=O)(=O)c1ccc(CCn2c(SCC(=O)N/N=C/c3ccccc3F)nc3ccccc3c2=O)cc1. The number of aryl methyl sites for hydroxylation is 1. The third kappa shape index (κ3) is 6.67. The summed E-state index contributed by atoms with van der Waals surface area (Å²) in [6.45, 7) is 0.251. The third-order valence-corrected chi connectivity index (χ3v) is 7.24. The van der Waals surface area contributed by atoms with Crippen molar-refractivity contribution in [3.63, 3.8) is 0 Å². The van der Waals surface area contributed by atoms with E-state index in [0.717, 1.165) is 17.3 Å². The fourth-order valence-corrected chi connectivity index (χ4v) is 4.79. The maximum atomic E-state index is 13.7. The van der Waals surface area contributed by atoms with Crippen molar-refractivity contribution in [1.29, 1.82) is 0 Å². The van der Waals surface area contributed by atoms with E-state index in [9.17, 15) is 22.4 Å². The predicted molar refractivity (Wildman–Crippen MR) is 140 cm³/mol. The smallest absolute Gasteiger partial charge is 0.262 e. The van der Waals surface area contributed by atoms with Gasteiger partial charge in [-0.3, -0.25) is 14.2 Å². The van der Waals surface area contributed by atoms with E-state index >= 15 is 0 Å². The highest BCUT2D eigenvalue weighted by Gasteiger charge is 2.14. The summed E-state index contributed by atoms with van der Waals surface area (Å²) in [5.74, 6) is -0.994. The number of nitrogens with zero attached hydrogens (tertiary/aromatic N) is 3. The van der Waals surface area contributed by atoms with Crippen LogP contribution in [0.2, 0.25) is 0 Å². The number of thioether (sulfide) groups is 1. The molecule has 4 aromatic rings. The number of rotatable bonds is 9. The van der Waals surface area contributed by atoms with Gasteiger partial charge in [0.15, 0.2) is 5.16 Å². The van der Waals surface area contributed by atoms with Gasteiger partial charge in [-0.05, 0) is 42.3 Å². The standard InChI is InChI=1S/C25H22FN5O4S2/c26-21-7-3-1-5-18(21)15-28-30-23(32)16-36-25-29-22-8-4-2-6-20(22)24(33)31(25)14-13-17-9-11-19(12-10-17)37(27,34)35/h1-12,15H,13-14,16H2,(H,30,32)(H2,27,34,35)/b28-15+. The average Bonchev–Trinajstić information content (AvgIpc) is 2.88. The molecule has 0 unspecified atom stereocenters. The van der Waals surface area contributed by atoms with Crippen LogP contribution in [0.1, 0.15) is 11.1 Å². The molecule has 4 rings (SSSR count). The Kier molecular flexibility index (Phi) is 8.11. The third-order valence-electron chi connectivity index (χ3n) is 5.33. The van der Waals surface area contributed by atoms with Gasteiger partial charge in [0.2, 0.25) is 10.0 Å². The molecular formula is C25H22FN5O4S2. The first kappa shape index (κ1) is 26.2. The fourth-order valence-electron chi connectivity index (χ4n) is 3.46. The van der Waals surface area contributed by atoms with Crippen molar-refractivity contribution in [2.45, 2.75) is 23.0 Å². The number of hydrogen-bond acceptors (Lipinski definition) is 7. The number of nitrogens with two attached hydrogens (primary N) is 1. The van der Waals surface area contributed by atoms with Crippen LogP contribution in [0.3, 0.4) is 0 Å². The molecule has 0 aliphatic heterocycles. The Labute approximate surface area is 216 Å². The summed E-state index contributed by atoms with van der Waals surface area (Å²) in [5.41, 5.74) is 3.62. The van der Waals surface area contributed by atoms with E-state index in [1.54, 1.807) is 48.5 Å². The fraction of sp³-hybridized carbons (Fsp3) is 0.120. The highest BCUT2D eigenvalue weighted by atomic mass is 32.2. The number of hydrogen-bond donors (Lipinski definition) is 2. The minimum absolute atomic E-state index is 0.000655. The Bertz CT molecular complexity index is 1640. The van der Waals surface area contributed by atoms with E-state index in [1.165, 1.54) is 35.0 Å². The van der Waals surface area contributed by atoms with Crippen LogP contribution in [-0.4, -0.2) is 35.8 Å². The van der Waals surface area contributed by atoms with Crippen LogP contribution < -0.4 is 16.1 Å². The molecule has 0 aliphatic rings. The molecule has 1 heterocycles. The number of amides is 1. The first-order chi connectivity index (χ1) is 17.7. The summed E-state index contributed by atoms with van der Waals surface area (Å²) in [4.78, 5) is 30.1. The lowest BCUT2D eigenvalue weighted by molar-refractivity contribution is -0.118. The van der Waals surface area contributed by atoms with Crippen LogP contribution in [-0.2, 0) is 27.8 Å². The minimum atomic E-state index is -3.80. The molecule has 0 saturated carbocycles. The Morgan fingerprint density at radius 3 is 2.51 bits per heavy atom. The van der Waals surface area contributed by atoms with E-state index in [4.69, 9.17) is 5.14 Å². The molecule has 1 amide bonds. The van der Waals surface area contributed by atoms with Crippen molar-refractivity contribution in [2.75, 3.05) is 5.75 Å². The van der Waals surface area contributed by atoms with Gasteiger partial charge in [0.25, 0.3) is 11.5 Å². The monoisotopic (exact) mass is 539 g/mol. The second-order valence-corrected chi connectivity index (χ2v) is 10.4. The van der Waals surface area contributed by atoms with Gasteiger partial charge < -0.3 is 0 Å². The van der Waals surface area contributed by atoms with Gasteiger partial charge in [-0.2, -0.15) is 5.10 Å². The maximum Gasteiger partial charge on any atom is 0.262 e. The van der Waals surface area contributed by atoms with Gasteiger partial charge in [-0.1, -0.05) is 54.2 Å². The molecule has 3 aromatic carbocycles. The van der Waals surface area contributed by atoms with Gasteiger partial charge in [-0.15, -0.1) is 0 Å². The lowest BCUT2D eigenvalue weighted by Crippen LogP contribution is -2.26. The first-order valence-electron chi connectivity index (χ1n) is 11.0. The van der Waals surface area contributed by atoms with E-state index in [1.807, 2.05) is 0 Å². The van der Waals surface area contributed by atoms with Gasteiger partial charge in [0.05, 0.1) is 27.8 Å². The zero-order valence-electron chi connectivity index (χ0n) is 19.4. The summed E-state index contributed by atoms with van der Waals surface area (Å²) < 4.78 is 38.1. The number of benzene rings is 3. The number of halogens is 1. The molecule has 0 bridgehead atoms. The predicted octanol–water partition coefficient (Wildman–Crippen LogP) is 2.67. The van der Waals surface area contributed by atoms with Crippen molar-refractivity contribution in [2.24, 2.45) is 10.2 Å². The highest BCUT2D eigenvalue weighted by Crippen LogP contribution is 2.19. The Balaban J connectivity index is 1.50. The Hall–Kier alpha value is -3.87. The van der Waals surface area contributed by atoms with Crippen LogP contribution in [0, 0.1) is 5.82 Å². The summed E-state index contributed by atoms with van der Waals surface area (Å²) >= 11 is 1.07. The first-order valence-corrected chi connectivity index (χ1v) is 13.6. The summed E-state index contributed by atoms with van der Waals surface area (Å²) in [7, 11) is -3.80. The largest absolute Gasteiger partial charge is 0.287 e. The molecule has 0 radical (unpaired) electrons. The van der Waals surface area contributed by atoms with Crippen molar-refractivity contribution >= 4 is 44.8 Å². The van der Waals surface area contributed by atoms with E-state index in [0.29, 0.717) is 22.5 Å². The molecule has 12 heteroatoms. The number of sulfonamides is 1. The second-order valence-electron chi connectivity index (χ2n) is 7.91. The van der Waals surface area contributed by atoms with Gasteiger partial charge >= 0.3 is 0 Å². The topological polar surface area (TPSA) is 137 Å². The zero-order chi connectivity index (χ0) is 26.4. The molecule has 0 aliphatic carbocycles. The molecule has 37 heavy (non-hydrogen) atoms. The number of aromatic nitrogens is 2. The number of fused-ring (bicyclic) bond motifs is 1. The normalized spacial score (nSPS) is 11.7. The summed E-state index contributed by atoms with van der Waals surface area (Å²) in [6.07, 6.45) is 1.63. The van der Waals surface area contributed by atoms with Crippen LogP contribution >= 0.6 is 11.8 Å². The lowest BCUT2D eigenvalue weighted by Gasteiger charge is -2.13. The molecule has 190 valence electrons. The summed E-state index contributed by atoms with van der Waals surface area (Å²) in [6, 6.07) is 19.0. The zero-order valence-corrected chi connectivity index (χ0v) is 21.0. The van der Waals surface area contributed by atoms with E-state index in [-0.39, 0.29) is 28.3 Å². The van der Waals surface area contributed by atoms with Crippen LogP contribution in [0.5, 0.6) is 0 Å². The molecule has 3 N–H and O–H groups in total. The van der Waals surface area contributed by atoms with Crippen molar-refractivity contribution in [1.82, 2.24) is 15.0 Å². The maximum absolute atomic E-state index is 13.7. The average molecular weight is 540 g/mol. The number of carbonyl (C=O) groups is 1. The van der Waals surface area contributed by atoms with Crippen molar-refractivity contribution in [3.05, 3.63) is 100 Å². The Morgan fingerprint density at radius 1 is 1.08 bits per heavy atom. The van der Waals surface area contributed by atoms with E-state index in [2.05, 4.69) is 15.5 Å². The van der Waals surface area contributed by atoms with Gasteiger partial charge in [0, 0.05) is 12.1 Å². The van der Waals surface area contributed by atoms with E-state index < -0.39 is 21.7 Å². The van der Waals surface area contributed by atoms with Crippen molar-refractivity contribution < 1.29 is 17.6 Å². The quantitative estimate of drug-likeness (QED) is 0.145. The number of para-hydroxylation sites is 1. The molecule has 1 aromatic heterocycles. The lowest BCUT2D eigenvalue weighted by atomic mass is 10.1. The van der Waals surface area contributed by atoms with Gasteiger partial charge in [-0.25, -0.2) is 28.4 Å². The molecule has 0 fully saturated rings. The van der Waals surface area contributed by atoms with Gasteiger partial charge in [0.1, 0.15) is 5.82 Å². The van der Waals surface area contributed by atoms with Crippen LogP contribution in [0.25, 0.3) is 10.9 Å². The number of carbonyl (C=O) groups excluding carboxylic acids is 1. The molecule has 0 atom stereocenters. The van der Waals surface area contributed by atoms with Crippen molar-refractivity contribution in [3.8, 4) is 0 Å². The molecule has 0 spiro atoms. The molecular weight excluding hydrogens is 517 g/mol. The minimum Gasteiger partial charge on any atom is -0.287 e. The number of nitrogens with one attached hydrogen (secondary N) is 1. The summed E-state index contributed by atoms with van der Waals surface area (Å²) in [5, 5.41) is 9.72. The van der Waals surface area contributed by atoms with Crippen LogP contribution in [0.15, 0.2) is 92.7 Å². The Morgan fingerprint density at radius 2 is 1.78 bits per heavy atom. The van der Waals surface area contributed by atoms with Crippen LogP contribution in [0.4, 0.5) is 4.39 Å². The number of hydrazone groups is 1. The molecule has 0 saturated heterocycles.